The van der Waals surface area contributed by atoms with Gasteiger partial charge in [0.05, 0.1) is 52.9 Å². The lowest BCUT2D eigenvalue weighted by molar-refractivity contribution is 0.514. The molecule has 0 unspecified atom stereocenters. The number of hydrogen-bond donors (Lipinski definition) is 3. The van der Waals surface area contributed by atoms with Gasteiger partial charge in [-0.3, -0.25) is 25.0 Å². The first-order valence-corrected chi connectivity index (χ1v) is 11.3. The number of nitrogens with one attached hydrogen (secondary N) is 2. The van der Waals surface area contributed by atoms with Crippen molar-refractivity contribution in [2.75, 3.05) is 18.0 Å². The maximum Gasteiger partial charge on any atom is 0.147 e. The Bertz CT molecular complexity index is 1680. The van der Waals surface area contributed by atoms with Crippen LogP contribution in [0.1, 0.15) is 0 Å². The number of H-pyrrole nitrogens is 2. The molecular weight excluding hydrogens is 440 g/mol. The fourth-order valence-electron chi connectivity index (χ4n) is 4.50. The molecule has 1 aliphatic rings. The van der Waals surface area contributed by atoms with Crippen molar-refractivity contribution in [2.24, 2.45) is 5.73 Å². The van der Waals surface area contributed by atoms with Crippen LogP contribution in [0.25, 0.3) is 55.8 Å². The Morgan fingerprint density at radius 3 is 2.63 bits per heavy atom. The summed E-state index contributed by atoms with van der Waals surface area (Å²) < 4.78 is 0. The molecule has 10 nitrogen and oxygen atoms in total. The fourth-order valence-corrected chi connectivity index (χ4v) is 4.50. The van der Waals surface area contributed by atoms with Crippen molar-refractivity contribution in [2.45, 2.75) is 6.04 Å². The predicted molar refractivity (Wildman–Crippen MR) is 133 cm³/mol. The van der Waals surface area contributed by atoms with E-state index in [1.807, 2.05) is 36.7 Å². The van der Waals surface area contributed by atoms with Crippen molar-refractivity contribution < 1.29 is 0 Å². The highest BCUT2D eigenvalue weighted by Gasteiger charge is 2.25. The summed E-state index contributed by atoms with van der Waals surface area (Å²) >= 11 is 0. The Morgan fingerprint density at radius 1 is 0.857 bits per heavy atom. The molecule has 0 spiro atoms. The number of aromatic nitrogens is 8. The van der Waals surface area contributed by atoms with Gasteiger partial charge in [0.1, 0.15) is 17.2 Å². The molecule has 0 amide bonds. The lowest BCUT2D eigenvalue weighted by Crippen LogP contribution is -2.56. The van der Waals surface area contributed by atoms with E-state index in [0.717, 1.165) is 69.1 Å². The molecular formula is C25H20N10. The molecule has 0 radical (unpaired) electrons. The molecule has 35 heavy (non-hydrogen) atoms. The Hall–Kier alpha value is -4.70. The highest BCUT2D eigenvalue weighted by Crippen LogP contribution is 2.33. The minimum absolute atomic E-state index is 0.188. The van der Waals surface area contributed by atoms with Crippen LogP contribution in [0.2, 0.25) is 0 Å². The van der Waals surface area contributed by atoms with Gasteiger partial charge in [-0.2, -0.15) is 5.10 Å². The summed E-state index contributed by atoms with van der Waals surface area (Å²) in [4.78, 5) is 28.2. The van der Waals surface area contributed by atoms with Gasteiger partial charge in [-0.05, 0) is 24.3 Å². The maximum absolute atomic E-state index is 5.93. The van der Waals surface area contributed by atoms with Crippen molar-refractivity contribution in [3.63, 3.8) is 0 Å². The lowest BCUT2D eigenvalue weighted by Gasteiger charge is -2.37. The van der Waals surface area contributed by atoms with Gasteiger partial charge in [-0.1, -0.05) is 6.07 Å². The molecule has 10 heteroatoms. The average molecular weight is 461 g/mol. The number of rotatable bonds is 4. The minimum atomic E-state index is 0.188. The van der Waals surface area contributed by atoms with E-state index in [2.05, 4.69) is 46.1 Å². The number of nitrogens with zero attached hydrogens (tertiary/aromatic N) is 7. The first-order chi connectivity index (χ1) is 17.2. The smallest absolute Gasteiger partial charge is 0.147 e. The summed E-state index contributed by atoms with van der Waals surface area (Å²) in [5, 5.41) is 9.64. The van der Waals surface area contributed by atoms with Crippen molar-refractivity contribution in [1.29, 1.82) is 0 Å². The molecule has 0 aromatic carbocycles. The van der Waals surface area contributed by atoms with Gasteiger partial charge in [0.2, 0.25) is 0 Å². The molecule has 7 heterocycles. The Labute approximate surface area is 199 Å². The molecule has 0 bridgehead atoms. The largest absolute Gasteiger partial charge is 0.352 e. The van der Waals surface area contributed by atoms with Crippen LogP contribution >= 0.6 is 0 Å². The normalized spacial score (nSPS) is 14.0. The molecule has 1 aliphatic heterocycles. The van der Waals surface area contributed by atoms with Gasteiger partial charge in [0.15, 0.2) is 0 Å². The topological polar surface area (TPSA) is 138 Å². The molecule has 4 N–H and O–H groups in total. The van der Waals surface area contributed by atoms with Crippen molar-refractivity contribution >= 4 is 27.6 Å². The summed E-state index contributed by atoms with van der Waals surface area (Å²) in [5.41, 5.74) is 12.6. The second kappa shape index (κ2) is 7.67. The third-order valence-corrected chi connectivity index (χ3v) is 6.31. The van der Waals surface area contributed by atoms with Crippen LogP contribution < -0.4 is 10.6 Å². The van der Waals surface area contributed by atoms with E-state index in [0.29, 0.717) is 5.69 Å². The molecule has 7 rings (SSSR count). The molecule has 0 aliphatic carbocycles. The standard InChI is InChI=1S/C25H20N10/c26-14-12-35(13-14)24-11-28-9-23(32-24)19-6-16-22(10-30-19)33-34-25(16)20-5-15-17(7-27-8-21(15)31-20)18-3-1-2-4-29-18/h1-11,14,31H,12-13,26H2,(H,33,34). The molecule has 1 fully saturated rings. The second-order valence-electron chi connectivity index (χ2n) is 8.66. The van der Waals surface area contributed by atoms with E-state index in [-0.39, 0.29) is 6.04 Å². The summed E-state index contributed by atoms with van der Waals surface area (Å²) in [6.07, 6.45) is 10.7. The minimum Gasteiger partial charge on any atom is -0.352 e. The maximum atomic E-state index is 5.93. The highest BCUT2D eigenvalue weighted by molar-refractivity contribution is 6.00. The predicted octanol–water partition coefficient (Wildman–Crippen LogP) is 3.17. The van der Waals surface area contributed by atoms with Gasteiger partial charge in [-0.15, -0.1) is 0 Å². The Kier molecular flexibility index (Phi) is 4.33. The SMILES string of the molecule is NC1CN(c2cncc(-c3cc4c(-c5cc6c(-c7ccccn7)cncc6[nH]5)n[nH]c4cn3)n2)C1. The van der Waals surface area contributed by atoms with Crippen LogP contribution in [0.4, 0.5) is 5.82 Å². The Morgan fingerprint density at radius 2 is 1.77 bits per heavy atom. The molecule has 6 aromatic heterocycles. The highest BCUT2D eigenvalue weighted by atomic mass is 15.3. The molecule has 1 saturated heterocycles. The fraction of sp³-hybridized carbons (Fsp3) is 0.120. The summed E-state index contributed by atoms with van der Waals surface area (Å²) in [6, 6.07) is 10.1. The van der Waals surface area contributed by atoms with E-state index in [9.17, 15) is 0 Å². The summed E-state index contributed by atoms with van der Waals surface area (Å²) in [5.74, 6) is 0.809. The van der Waals surface area contributed by atoms with E-state index >= 15 is 0 Å². The first kappa shape index (κ1) is 19.7. The summed E-state index contributed by atoms with van der Waals surface area (Å²) in [6.45, 7) is 1.57. The van der Waals surface area contributed by atoms with Gasteiger partial charge in [0.25, 0.3) is 0 Å². The van der Waals surface area contributed by atoms with Gasteiger partial charge in [-0.25, -0.2) is 4.98 Å². The third-order valence-electron chi connectivity index (χ3n) is 6.31. The molecule has 0 saturated carbocycles. The number of aromatic amines is 2. The lowest BCUT2D eigenvalue weighted by atomic mass is 10.1. The van der Waals surface area contributed by atoms with E-state index in [1.54, 1.807) is 24.8 Å². The number of pyridine rings is 3. The van der Waals surface area contributed by atoms with Crippen LogP contribution in [0, 0.1) is 0 Å². The van der Waals surface area contributed by atoms with Crippen LogP contribution in [0.3, 0.4) is 0 Å². The van der Waals surface area contributed by atoms with Crippen LogP contribution in [0.5, 0.6) is 0 Å². The number of anilines is 1. The Balaban J connectivity index is 1.31. The number of nitrogens with two attached hydrogens (primary N) is 1. The van der Waals surface area contributed by atoms with E-state index in [1.165, 1.54) is 0 Å². The second-order valence-corrected chi connectivity index (χ2v) is 8.66. The molecule has 6 aromatic rings. The van der Waals surface area contributed by atoms with E-state index in [4.69, 9.17) is 10.7 Å². The molecule has 170 valence electrons. The van der Waals surface area contributed by atoms with Crippen LogP contribution in [0.15, 0.2) is 67.5 Å². The van der Waals surface area contributed by atoms with Gasteiger partial charge >= 0.3 is 0 Å². The zero-order valence-corrected chi connectivity index (χ0v) is 18.6. The number of fused-ring (bicyclic) bond motifs is 2. The number of hydrogen-bond acceptors (Lipinski definition) is 8. The monoisotopic (exact) mass is 460 g/mol. The first-order valence-electron chi connectivity index (χ1n) is 11.3. The van der Waals surface area contributed by atoms with Crippen molar-refractivity contribution in [3.8, 4) is 34.0 Å². The van der Waals surface area contributed by atoms with Crippen LogP contribution in [-0.2, 0) is 0 Å². The zero-order chi connectivity index (χ0) is 23.4. The van der Waals surface area contributed by atoms with Crippen LogP contribution in [-0.4, -0.2) is 59.2 Å². The van der Waals surface area contributed by atoms with Crippen molar-refractivity contribution in [3.05, 3.63) is 67.5 Å². The summed E-state index contributed by atoms with van der Waals surface area (Å²) in [7, 11) is 0. The quantitative estimate of drug-likeness (QED) is 0.365. The van der Waals surface area contributed by atoms with Gasteiger partial charge in [0, 0.05) is 47.9 Å². The zero-order valence-electron chi connectivity index (χ0n) is 18.6. The average Bonchev–Trinajstić information content (AvgIpc) is 3.51. The van der Waals surface area contributed by atoms with Gasteiger partial charge < -0.3 is 15.6 Å². The van der Waals surface area contributed by atoms with E-state index < -0.39 is 0 Å². The molecule has 0 atom stereocenters. The van der Waals surface area contributed by atoms with Crippen molar-refractivity contribution in [1.82, 2.24) is 40.1 Å². The third kappa shape index (κ3) is 3.30.